The summed E-state index contributed by atoms with van der Waals surface area (Å²) in [4.78, 5) is 0. The molecule has 0 amide bonds. The Morgan fingerprint density at radius 1 is 1.41 bits per heavy atom. The van der Waals surface area contributed by atoms with Gasteiger partial charge in [-0.1, -0.05) is 0 Å². The molecule has 17 heavy (non-hydrogen) atoms. The molecule has 100 valence electrons. The Bertz CT molecular complexity index is 339. The van der Waals surface area contributed by atoms with E-state index >= 15 is 0 Å². The largest absolute Gasteiger partial charge is 0.381 e. The van der Waals surface area contributed by atoms with E-state index in [0.29, 0.717) is 19.3 Å². The molecule has 6 heteroatoms. The molecule has 3 atom stereocenters. The van der Waals surface area contributed by atoms with Crippen LogP contribution in [-0.2, 0) is 14.8 Å². The Balaban J connectivity index is 1.83. The molecule has 3 unspecified atom stereocenters. The zero-order valence-electron chi connectivity index (χ0n) is 10.3. The molecule has 0 saturated carbocycles. The van der Waals surface area contributed by atoms with Gasteiger partial charge in [0.2, 0.25) is 10.0 Å². The molecular formula is C11H22N2O3S. The summed E-state index contributed by atoms with van der Waals surface area (Å²) in [5.74, 6) is 0.386. The topological polar surface area (TPSA) is 67.4 Å². The van der Waals surface area contributed by atoms with Gasteiger partial charge in [0.05, 0.1) is 12.4 Å². The highest BCUT2D eigenvalue weighted by Crippen LogP contribution is 2.16. The first-order chi connectivity index (χ1) is 8.05. The van der Waals surface area contributed by atoms with Crippen LogP contribution in [0.5, 0.6) is 0 Å². The number of hydrogen-bond donors (Lipinski definition) is 2. The fourth-order valence-electron chi connectivity index (χ4n) is 2.57. The predicted molar refractivity (Wildman–Crippen MR) is 66.3 cm³/mol. The van der Waals surface area contributed by atoms with E-state index in [1.54, 1.807) is 0 Å². The molecule has 0 bridgehead atoms. The number of hydrogen-bond acceptors (Lipinski definition) is 4. The number of sulfonamides is 1. The van der Waals surface area contributed by atoms with Crippen molar-refractivity contribution in [2.45, 2.75) is 38.3 Å². The normalized spacial score (nSPS) is 35.0. The molecule has 2 N–H and O–H groups in total. The van der Waals surface area contributed by atoms with Crippen molar-refractivity contribution in [3.8, 4) is 0 Å². The summed E-state index contributed by atoms with van der Waals surface area (Å²) in [6, 6.07) is 0.491. The predicted octanol–water partition coefficient (Wildman–Crippen LogP) is 0.0828. The van der Waals surface area contributed by atoms with Crippen molar-refractivity contribution in [1.82, 2.24) is 10.0 Å². The summed E-state index contributed by atoms with van der Waals surface area (Å²) in [5, 5.41) is 3.32. The van der Waals surface area contributed by atoms with E-state index in [9.17, 15) is 8.42 Å². The molecule has 0 aromatic heterocycles. The third kappa shape index (κ3) is 4.21. The van der Waals surface area contributed by atoms with Gasteiger partial charge in [-0.05, 0) is 38.6 Å². The quantitative estimate of drug-likeness (QED) is 0.753. The van der Waals surface area contributed by atoms with Gasteiger partial charge < -0.3 is 10.1 Å². The first-order valence-electron chi connectivity index (χ1n) is 6.36. The lowest BCUT2D eigenvalue weighted by atomic mass is 10.0. The van der Waals surface area contributed by atoms with Gasteiger partial charge in [-0.15, -0.1) is 0 Å². The molecule has 5 nitrogen and oxygen atoms in total. The fraction of sp³-hybridized carbons (Fsp3) is 1.00. The van der Waals surface area contributed by atoms with Crippen LogP contribution in [0, 0.1) is 5.92 Å². The maximum absolute atomic E-state index is 12.0. The van der Waals surface area contributed by atoms with E-state index in [1.165, 1.54) is 0 Å². The van der Waals surface area contributed by atoms with Crippen LogP contribution >= 0.6 is 0 Å². The summed E-state index contributed by atoms with van der Waals surface area (Å²) >= 11 is 0. The molecule has 2 saturated heterocycles. The van der Waals surface area contributed by atoms with Crippen LogP contribution in [0.25, 0.3) is 0 Å². The maximum Gasteiger partial charge on any atom is 0.212 e. The van der Waals surface area contributed by atoms with Crippen LogP contribution in [0.3, 0.4) is 0 Å². The van der Waals surface area contributed by atoms with Gasteiger partial charge in [-0.25, -0.2) is 13.1 Å². The van der Waals surface area contributed by atoms with Gasteiger partial charge >= 0.3 is 0 Å². The molecule has 2 rings (SSSR count). The van der Waals surface area contributed by atoms with Gasteiger partial charge in [-0.2, -0.15) is 0 Å². The van der Waals surface area contributed by atoms with E-state index in [1.807, 2.05) is 0 Å². The lowest BCUT2D eigenvalue weighted by molar-refractivity contribution is 0.188. The van der Waals surface area contributed by atoms with Gasteiger partial charge in [0.25, 0.3) is 0 Å². The Morgan fingerprint density at radius 3 is 2.88 bits per heavy atom. The molecule has 0 radical (unpaired) electrons. The number of ether oxygens (including phenoxy) is 1. The highest BCUT2D eigenvalue weighted by Gasteiger charge is 2.27. The van der Waals surface area contributed by atoms with Crippen molar-refractivity contribution in [3.05, 3.63) is 0 Å². The van der Waals surface area contributed by atoms with Crippen molar-refractivity contribution < 1.29 is 13.2 Å². The van der Waals surface area contributed by atoms with E-state index < -0.39 is 10.0 Å². The smallest absolute Gasteiger partial charge is 0.212 e. The van der Waals surface area contributed by atoms with Crippen molar-refractivity contribution in [2.24, 2.45) is 5.92 Å². The van der Waals surface area contributed by atoms with Gasteiger partial charge in [0.15, 0.2) is 0 Å². The van der Waals surface area contributed by atoms with Crippen molar-refractivity contribution in [1.29, 1.82) is 0 Å². The first kappa shape index (κ1) is 13.3. The minimum Gasteiger partial charge on any atom is -0.381 e. The van der Waals surface area contributed by atoms with Crippen LogP contribution < -0.4 is 10.0 Å². The second kappa shape index (κ2) is 5.65. The summed E-state index contributed by atoms with van der Waals surface area (Å²) in [7, 11) is -3.15. The molecule has 2 aliphatic heterocycles. The van der Waals surface area contributed by atoms with Gasteiger partial charge in [0, 0.05) is 18.7 Å². The molecule has 0 aromatic carbocycles. The first-order valence-corrected chi connectivity index (χ1v) is 8.01. The lowest BCUT2D eigenvalue weighted by Crippen LogP contribution is -2.47. The highest BCUT2D eigenvalue weighted by molar-refractivity contribution is 7.89. The van der Waals surface area contributed by atoms with Crippen LogP contribution in [0.4, 0.5) is 0 Å². The lowest BCUT2D eigenvalue weighted by Gasteiger charge is -2.28. The Kier molecular flexibility index (Phi) is 4.41. The molecule has 0 aromatic rings. The zero-order chi connectivity index (χ0) is 12.3. The SMILES string of the molecule is CC1CC(NS(=O)(=O)CC2CCOC2)CCN1. The summed E-state index contributed by atoms with van der Waals surface area (Å²) in [6.45, 7) is 4.26. The standard InChI is InChI=1S/C11H22N2O3S/c1-9-6-11(2-4-12-9)13-17(14,15)8-10-3-5-16-7-10/h9-13H,2-8H2,1H3. The van der Waals surface area contributed by atoms with Crippen LogP contribution in [0.15, 0.2) is 0 Å². The Morgan fingerprint density at radius 2 is 2.24 bits per heavy atom. The van der Waals surface area contributed by atoms with Gasteiger partial charge in [-0.3, -0.25) is 0 Å². The van der Waals surface area contributed by atoms with Crippen LogP contribution in [0.2, 0.25) is 0 Å². The third-order valence-corrected chi connectivity index (χ3v) is 5.05. The zero-order valence-corrected chi connectivity index (χ0v) is 11.1. The second-order valence-corrected chi connectivity index (χ2v) is 7.00. The maximum atomic E-state index is 12.0. The molecule has 2 fully saturated rings. The van der Waals surface area contributed by atoms with Crippen molar-refractivity contribution in [2.75, 3.05) is 25.5 Å². The van der Waals surface area contributed by atoms with E-state index in [4.69, 9.17) is 4.74 Å². The average molecular weight is 262 g/mol. The highest BCUT2D eigenvalue weighted by atomic mass is 32.2. The average Bonchev–Trinajstić information content (AvgIpc) is 2.68. The Hall–Kier alpha value is -0.170. The third-order valence-electron chi connectivity index (χ3n) is 3.45. The Labute approximate surface area is 103 Å². The summed E-state index contributed by atoms with van der Waals surface area (Å²) in [6.07, 6.45) is 2.62. The molecule has 0 aliphatic carbocycles. The molecule has 2 heterocycles. The summed E-state index contributed by atoms with van der Waals surface area (Å²) < 4.78 is 32.0. The summed E-state index contributed by atoms with van der Waals surface area (Å²) in [5.41, 5.74) is 0. The van der Waals surface area contributed by atoms with E-state index in [2.05, 4.69) is 17.0 Å². The van der Waals surface area contributed by atoms with Gasteiger partial charge in [0.1, 0.15) is 0 Å². The van der Waals surface area contributed by atoms with E-state index in [-0.39, 0.29) is 17.7 Å². The van der Waals surface area contributed by atoms with Crippen molar-refractivity contribution >= 4 is 10.0 Å². The molecular weight excluding hydrogens is 240 g/mol. The number of rotatable bonds is 4. The number of nitrogens with one attached hydrogen (secondary N) is 2. The minimum atomic E-state index is -3.15. The van der Waals surface area contributed by atoms with Crippen LogP contribution in [-0.4, -0.2) is 46.0 Å². The molecule has 0 spiro atoms. The number of piperidine rings is 1. The van der Waals surface area contributed by atoms with Crippen molar-refractivity contribution in [3.63, 3.8) is 0 Å². The molecule has 2 aliphatic rings. The second-order valence-electron chi connectivity index (χ2n) is 5.21. The fourth-order valence-corrected chi connectivity index (χ4v) is 4.27. The minimum absolute atomic E-state index is 0.0959. The van der Waals surface area contributed by atoms with Crippen LogP contribution in [0.1, 0.15) is 26.2 Å². The van der Waals surface area contributed by atoms with E-state index in [0.717, 1.165) is 25.8 Å². The monoisotopic (exact) mass is 262 g/mol.